The molecule has 6 heteroatoms. The van der Waals surface area contributed by atoms with Gasteiger partial charge in [-0.2, -0.15) is 0 Å². The number of ether oxygens (including phenoxy) is 1. The third-order valence-electron chi connectivity index (χ3n) is 1.12. The molecule has 0 aliphatic carbocycles. The Morgan fingerprint density at radius 2 is 1.93 bits per heavy atom. The van der Waals surface area contributed by atoms with Crippen LogP contribution in [0.25, 0.3) is 5.41 Å². The molecule has 15 heavy (non-hydrogen) atoms. The minimum Gasteiger partial charge on any atom is -0.495 e. The second-order valence-corrected chi connectivity index (χ2v) is 2.80. The molecule has 0 bridgehead atoms. The van der Waals surface area contributed by atoms with Gasteiger partial charge < -0.3 is 20.8 Å². The number of nitrogens with two attached hydrogens (primary N) is 1. The van der Waals surface area contributed by atoms with Gasteiger partial charge >= 0.3 is 51.4 Å². The summed E-state index contributed by atoms with van der Waals surface area (Å²) >= 11 is 0. The predicted molar refractivity (Wildman–Crippen MR) is 57.7 cm³/mol. The monoisotopic (exact) mass is 239 g/mol. The van der Waals surface area contributed by atoms with E-state index in [1.165, 1.54) is 24.2 Å². The Hall–Kier alpha value is 0.276. The molecule has 0 aromatic carbocycles. The molecule has 0 saturated carbocycles. The summed E-state index contributed by atoms with van der Waals surface area (Å²) < 4.78 is 4.75. The van der Waals surface area contributed by atoms with Crippen molar-refractivity contribution in [3.05, 3.63) is 17.7 Å². The first-order valence-electron chi connectivity index (χ1n) is 4.13. The van der Waals surface area contributed by atoms with E-state index in [0.29, 0.717) is 12.5 Å². The predicted octanol–water partition coefficient (Wildman–Crippen LogP) is -2.44. The zero-order valence-corrected chi connectivity index (χ0v) is 13.2. The standard InChI is InChI=1S/C5H8N3O.C4H10O.K/c1-8(4-9)3-2-5(6)7;1-4(2)5-3;/h2-4H,1H3,(H2-,6,7);4H,1-3H3;/q-1;;+1/b3-2-;;. The molecule has 0 heterocycles. The number of carbonyl (C=O) groups is 1. The van der Waals surface area contributed by atoms with Crippen molar-refractivity contribution in [1.82, 2.24) is 4.90 Å². The van der Waals surface area contributed by atoms with E-state index in [2.05, 4.69) is 0 Å². The second kappa shape index (κ2) is 14.3. The van der Waals surface area contributed by atoms with Crippen LogP contribution in [-0.4, -0.2) is 37.4 Å². The molecule has 0 radical (unpaired) electrons. The quantitative estimate of drug-likeness (QED) is 0.256. The second-order valence-electron chi connectivity index (χ2n) is 2.80. The van der Waals surface area contributed by atoms with Gasteiger partial charge in [-0.15, -0.1) is 0 Å². The number of amidine groups is 1. The molecule has 0 aromatic rings. The van der Waals surface area contributed by atoms with Crippen LogP contribution in [0.4, 0.5) is 0 Å². The van der Waals surface area contributed by atoms with Crippen molar-refractivity contribution in [2.24, 2.45) is 5.73 Å². The van der Waals surface area contributed by atoms with Gasteiger partial charge in [0.1, 0.15) is 0 Å². The molecule has 0 aliphatic heterocycles. The van der Waals surface area contributed by atoms with Crippen molar-refractivity contribution in [1.29, 1.82) is 0 Å². The molecule has 0 saturated heterocycles. The number of rotatable bonds is 4. The number of methoxy groups -OCH3 is 1. The Bertz CT molecular complexity index is 196. The van der Waals surface area contributed by atoms with Gasteiger partial charge in [-0.25, -0.2) is 0 Å². The first-order chi connectivity index (χ1) is 6.43. The summed E-state index contributed by atoms with van der Waals surface area (Å²) in [4.78, 5) is 11.1. The summed E-state index contributed by atoms with van der Waals surface area (Å²) in [6.45, 7) is 4.00. The maximum absolute atomic E-state index is 9.86. The van der Waals surface area contributed by atoms with Crippen LogP contribution in [-0.2, 0) is 9.53 Å². The Kier molecular flexibility index (Phi) is 19.7. The number of carbonyl (C=O) groups excluding carboxylic acids is 1. The van der Waals surface area contributed by atoms with E-state index in [1.807, 2.05) is 13.8 Å². The van der Waals surface area contributed by atoms with Crippen molar-refractivity contribution in [2.45, 2.75) is 20.0 Å². The van der Waals surface area contributed by atoms with Gasteiger partial charge in [-0.1, -0.05) is 5.84 Å². The fraction of sp³-hybridized carbons (Fsp3) is 0.556. The molecule has 0 aromatic heterocycles. The summed E-state index contributed by atoms with van der Waals surface area (Å²) in [7, 11) is 3.23. The molecule has 0 fully saturated rings. The van der Waals surface area contributed by atoms with E-state index >= 15 is 0 Å². The Balaban J connectivity index is -0.000000208. The van der Waals surface area contributed by atoms with Crippen molar-refractivity contribution >= 4 is 12.2 Å². The number of amides is 1. The zero-order chi connectivity index (χ0) is 11.6. The number of nitrogens with zero attached hydrogens (tertiary/aromatic N) is 2. The Labute approximate surface area is 134 Å². The average molecular weight is 239 g/mol. The van der Waals surface area contributed by atoms with Crippen LogP contribution in [0.1, 0.15) is 13.8 Å². The summed E-state index contributed by atoms with van der Waals surface area (Å²) in [5, 5.41) is 8.36. The van der Waals surface area contributed by atoms with E-state index in [0.717, 1.165) is 0 Å². The van der Waals surface area contributed by atoms with E-state index in [4.69, 9.17) is 15.9 Å². The minimum atomic E-state index is -0.316. The van der Waals surface area contributed by atoms with Crippen molar-refractivity contribution < 1.29 is 60.9 Å². The van der Waals surface area contributed by atoms with Gasteiger partial charge in [-0.3, -0.25) is 4.79 Å². The molecule has 2 N–H and O–H groups in total. The van der Waals surface area contributed by atoms with Crippen molar-refractivity contribution in [3.8, 4) is 0 Å². The summed E-state index contributed by atoms with van der Waals surface area (Å²) in [6.07, 6.45) is 3.55. The number of hydrogen-bond donors (Lipinski definition) is 1. The zero-order valence-electron chi connectivity index (χ0n) is 10.1. The molecule has 0 unspecified atom stereocenters. The number of hydrogen-bond acceptors (Lipinski definition) is 2. The minimum absolute atomic E-state index is 0. The van der Waals surface area contributed by atoms with Crippen LogP contribution in [0, 0.1) is 0 Å². The van der Waals surface area contributed by atoms with Gasteiger partial charge in [0.15, 0.2) is 0 Å². The largest absolute Gasteiger partial charge is 1.00 e. The third kappa shape index (κ3) is 25.0. The van der Waals surface area contributed by atoms with Crippen LogP contribution in [0.3, 0.4) is 0 Å². The average Bonchev–Trinajstić information content (AvgIpc) is 2.14. The van der Waals surface area contributed by atoms with E-state index < -0.39 is 0 Å². The van der Waals surface area contributed by atoms with Gasteiger partial charge in [-0.05, 0) is 19.9 Å². The molecule has 5 nitrogen and oxygen atoms in total. The molecular formula is C9H18KN3O2. The molecule has 1 amide bonds. The van der Waals surface area contributed by atoms with Crippen LogP contribution in [0.2, 0.25) is 0 Å². The van der Waals surface area contributed by atoms with Gasteiger partial charge in [0, 0.05) is 20.4 Å². The maximum atomic E-state index is 9.86. The Morgan fingerprint density at radius 1 is 1.53 bits per heavy atom. The van der Waals surface area contributed by atoms with Gasteiger partial charge in [0.2, 0.25) is 6.41 Å². The fourth-order valence-electron chi connectivity index (χ4n) is 0.229. The normalized spacial score (nSPS) is 8.87. The van der Waals surface area contributed by atoms with Crippen LogP contribution in [0.15, 0.2) is 12.3 Å². The van der Waals surface area contributed by atoms with Gasteiger partial charge in [0.25, 0.3) is 0 Å². The topological polar surface area (TPSA) is 77.9 Å². The summed E-state index contributed by atoms with van der Waals surface area (Å²) in [5.74, 6) is -0.316. The first kappa shape index (κ1) is 20.7. The molecule has 0 aliphatic rings. The molecule has 82 valence electrons. The summed E-state index contributed by atoms with van der Waals surface area (Å²) in [5.41, 5.74) is 4.84. The molecular weight excluding hydrogens is 221 g/mol. The van der Waals surface area contributed by atoms with Gasteiger partial charge in [0.05, 0.1) is 6.10 Å². The first-order valence-corrected chi connectivity index (χ1v) is 4.13. The van der Waals surface area contributed by atoms with Crippen LogP contribution >= 0.6 is 0 Å². The van der Waals surface area contributed by atoms with Crippen molar-refractivity contribution in [3.63, 3.8) is 0 Å². The van der Waals surface area contributed by atoms with E-state index in [-0.39, 0.29) is 57.2 Å². The van der Waals surface area contributed by atoms with Crippen molar-refractivity contribution in [2.75, 3.05) is 14.2 Å². The van der Waals surface area contributed by atoms with Crippen LogP contribution < -0.4 is 57.1 Å². The molecule has 0 rings (SSSR count). The van der Waals surface area contributed by atoms with Crippen LogP contribution in [0.5, 0.6) is 0 Å². The third-order valence-corrected chi connectivity index (χ3v) is 1.12. The smallest absolute Gasteiger partial charge is 0.495 e. The Morgan fingerprint density at radius 3 is 2.13 bits per heavy atom. The maximum Gasteiger partial charge on any atom is 1.00 e. The molecule has 0 spiro atoms. The molecule has 0 atom stereocenters. The van der Waals surface area contributed by atoms with E-state index in [1.54, 1.807) is 7.11 Å². The van der Waals surface area contributed by atoms with E-state index in [9.17, 15) is 4.79 Å². The summed E-state index contributed by atoms with van der Waals surface area (Å²) in [6, 6.07) is 0. The SMILES string of the molecule is CN(C=O)/C=C\C(=[N-])N.COC(C)C.[K+]. The fourth-order valence-corrected chi connectivity index (χ4v) is 0.229.